The predicted molar refractivity (Wildman–Crippen MR) is 302 cm³/mol. The van der Waals surface area contributed by atoms with Crippen molar-refractivity contribution in [3.63, 3.8) is 0 Å². The molecule has 3 spiro atoms. The van der Waals surface area contributed by atoms with Crippen LogP contribution in [0.2, 0.25) is 0 Å². The van der Waals surface area contributed by atoms with Gasteiger partial charge in [0.05, 0.1) is 0 Å². The number of ether oxygens (including phenoxy) is 8. The number of rotatable bonds is 0. The van der Waals surface area contributed by atoms with E-state index in [4.69, 9.17) is 37.9 Å². The lowest BCUT2D eigenvalue weighted by atomic mass is 9.53. The number of hydrogen-bond donors (Lipinski definition) is 0. The van der Waals surface area contributed by atoms with Crippen LogP contribution in [-0.4, -0.2) is 23.1 Å². The van der Waals surface area contributed by atoms with E-state index in [1.54, 1.807) is 0 Å². The predicted octanol–water partition coefficient (Wildman–Crippen LogP) is 19.9. The van der Waals surface area contributed by atoms with Crippen molar-refractivity contribution in [2.24, 2.45) is 23.7 Å². The van der Waals surface area contributed by atoms with Crippen molar-refractivity contribution in [1.82, 2.24) is 0 Å². The van der Waals surface area contributed by atoms with Gasteiger partial charge in [0, 0.05) is 51.4 Å². The third kappa shape index (κ3) is 15.9. The summed E-state index contributed by atoms with van der Waals surface area (Å²) in [7, 11) is 0. The second kappa shape index (κ2) is 32.5. The van der Waals surface area contributed by atoms with Crippen LogP contribution in [0.4, 0.5) is 0 Å². The molecule has 4 aromatic rings. The fourth-order valence-electron chi connectivity index (χ4n) is 10.8. The van der Waals surface area contributed by atoms with E-state index in [0.717, 1.165) is 83.5 Å². The van der Waals surface area contributed by atoms with Crippen LogP contribution in [0.25, 0.3) is 0 Å². The van der Waals surface area contributed by atoms with Crippen LogP contribution in [0.15, 0.2) is 97.1 Å². The van der Waals surface area contributed by atoms with Gasteiger partial charge in [0.15, 0.2) is 46.0 Å². The quantitative estimate of drug-likeness (QED) is 0.173. The molecule has 406 valence electrons. The molecule has 4 bridgehead atoms. The molecular formula is C64H102O8. The summed E-state index contributed by atoms with van der Waals surface area (Å²) in [5, 5.41) is 0. The topological polar surface area (TPSA) is 73.8 Å². The first-order valence-corrected chi connectivity index (χ1v) is 29.1. The Morgan fingerprint density at radius 1 is 0.292 bits per heavy atom. The summed E-state index contributed by atoms with van der Waals surface area (Å²) >= 11 is 0. The van der Waals surface area contributed by atoms with E-state index in [-0.39, 0.29) is 17.4 Å². The van der Waals surface area contributed by atoms with Gasteiger partial charge in [0.25, 0.3) is 17.4 Å². The summed E-state index contributed by atoms with van der Waals surface area (Å²) in [6.45, 7) is 35.8. The highest BCUT2D eigenvalue weighted by Crippen LogP contribution is 2.62. The number of hydrogen-bond acceptors (Lipinski definition) is 8. The highest BCUT2D eigenvalue weighted by Gasteiger charge is 2.63. The van der Waals surface area contributed by atoms with Crippen molar-refractivity contribution in [3.05, 3.63) is 97.1 Å². The van der Waals surface area contributed by atoms with E-state index in [9.17, 15) is 0 Å². The number of fused-ring (bicyclic) bond motifs is 4. The average molecular weight is 1000 g/mol. The maximum absolute atomic E-state index is 6.35. The molecule has 0 N–H and O–H groups in total. The van der Waals surface area contributed by atoms with Gasteiger partial charge in [-0.2, -0.15) is 0 Å². The summed E-state index contributed by atoms with van der Waals surface area (Å²) in [5.74, 6) is 8.97. The Kier molecular flexibility index (Phi) is 28.6. The van der Waals surface area contributed by atoms with E-state index in [2.05, 4.69) is 12.1 Å². The molecule has 4 aromatic carbocycles. The van der Waals surface area contributed by atoms with E-state index in [1.165, 1.54) is 64.2 Å². The van der Waals surface area contributed by atoms with E-state index in [1.807, 2.05) is 210 Å². The third-order valence-corrected chi connectivity index (χ3v) is 13.1. The summed E-state index contributed by atoms with van der Waals surface area (Å²) < 4.78 is 47.1. The first-order valence-electron chi connectivity index (χ1n) is 29.1. The summed E-state index contributed by atoms with van der Waals surface area (Å²) in [4.78, 5) is 0. The molecule has 0 saturated heterocycles. The minimum absolute atomic E-state index is 0.295. The highest BCUT2D eigenvalue weighted by atomic mass is 16.8. The van der Waals surface area contributed by atoms with Gasteiger partial charge in [-0.15, -0.1) is 0 Å². The van der Waals surface area contributed by atoms with Crippen molar-refractivity contribution in [2.45, 2.75) is 238 Å². The minimum atomic E-state index is -0.496. The summed E-state index contributed by atoms with van der Waals surface area (Å²) in [5.41, 5.74) is 0. The minimum Gasteiger partial charge on any atom is -0.449 e. The number of benzene rings is 4. The molecule has 8 heteroatoms. The molecule has 14 rings (SSSR count). The molecule has 4 aliphatic heterocycles. The molecule has 0 aromatic heterocycles. The zero-order valence-electron chi connectivity index (χ0n) is 48.7. The van der Waals surface area contributed by atoms with Gasteiger partial charge in [-0.05, 0) is 118 Å². The second-order valence-electron chi connectivity index (χ2n) is 17.6. The van der Waals surface area contributed by atoms with Crippen molar-refractivity contribution in [2.75, 3.05) is 0 Å². The van der Waals surface area contributed by atoms with E-state index >= 15 is 0 Å². The van der Waals surface area contributed by atoms with Crippen LogP contribution < -0.4 is 37.9 Å². The van der Waals surface area contributed by atoms with Crippen LogP contribution >= 0.6 is 0 Å². The van der Waals surface area contributed by atoms with Gasteiger partial charge >= 0.3 is 0 Å². The van der Waals surface area contributed by atoms with Gasteiger partial charge < -0.3 is 37.9 Å². The fourth-order valence-corrected chi connectivity index (χ4v) is 10.8. The Morgan fingerprint density at radius 3 is 0.778 bits per heavy atom. The second-order valence-corrected chi connectivity index (χ2v) is 17.6. The normalized spacial score (nSPS) is 22.3. The Bertz CT molecular complexity index is 1890. The molecule has 6 saturated carbocycles. The smallest absolute Gasteiger partial charge is 0.257 e. The van der Waals surface area contributed by atoms with Gasteiger partial charge in [-0.1, -0.05) is 166 Å². The lowest BCUT2D eigenvalue weighted by molar-refractivity contribution is -0.241. The van der Waals surface area contributed by atoms with Crippen molar-refractivity contribution in [3.8, 4) is 46.0 Å². The largest absolute Gasteiger partial charge is 0.449 e. The van der Waals surface area contributed by atoms with Gasteiger partial charge in [0.1, 0.15) is 0 Å². The molecule has 72 heavy (non-hydrogen) atoms. The number of para-hydroxylation sites is 8. The van der Waals surface area contributed by atoms with Gasteiger partial charge in [-0.3, -0.25) is 0 Å². The zero-order valence-corrected chi connectivity index (χ0v) is 48.7. The van der Waals surface area contributed by atoms with Gasteiger partial charge in [-0.25, -0.2) is 0 Å². The molecule has 4 heterocycles. The van der Waals surface area contributed by atoms with Crippen molar-refractivity contribution in [1.29, 1.82) is 0 Å². The van der Waals surface area contributed by atoms with Crippen LogP contribution in [-0.2, 0) is 0 Å². The Balaban J connectivity index is 0.000000304. The monoisotopic (exact) mass is 999 g/mol. The summed E-state index contributed by atoms with van der Waals surface area (Å²) in [6.07, 6.45) is 17.0. The van der Waals surface area contributed by atoms with Crippen molar-refractivity contribution >= 4 is 0 Å². The Labute approximate surface area is 440 Å². The maximum atomic E-state index is 6.35. The SMILES string of the molecule is CC.CC.CC.CC.CC.CC.CC.CC.CC1(C)Oc2ccccc2O1.c1ccc2c(c1)OC1(CCCC1)O2.c1ccc2c(c1)OC1(CCCCC1)O2.c1ccc2c(c1)OC1(O2)C2CC3CC(C2)CC1C3. The molecule has 6 aliphatic carbocycles. The van der Waals surface area contributed by atoms with E-state index < -0.39 is 5.79 Å². The first-order chi connectivity index (χ1) is 35.3. The Hall–Kier alpha value is -4.72. The van der Waals surface area contributed by atoms with Crippen LogP contribution in [0.3, 0.4) is 0 Å². The molecular weight excluding hydrogens is 897 g/mol. The lowest BCUT2D eigenvalue weighted by Crippen LogP contribution is -2.62. The van der Waals surface area contributed by atoms with Gasteiger partial charge in [0.2, 0.25) is 5.79 Å². The third-order valence-electron chi connectivity index (χ3n) is 13.1. The molecule has 0 atom stereocenters. The molecule has 6 fully saturated rings. The molecule has 0 unspecified atom stereocenters. The van der Waals surface area contributed by atoms with E-state index in [0.29, 0.717) is 11.8 Å². The fraction of sp³-hybridized carbons (Fsp3) is 0.625. The highest BCUT2D eigenvalue weighted by molar-refractivity contribution is 5.45. The van der Waals surface area contributed by atoms with Crippen LogP contribution in [0.1, 0.15) is 215 Å². The average Bonchev–Trinajstić information content (AvgIpc) is 4.29. The van der Waals surface area contributed by atoms with Crippen LogP contribution in [0, 0.1) is 23.7 Å². The Morgan fingerprint density at radius 2 is 0.514 bits per heavy atom. The first kappa shape index (κ1) is 63.4. The molecule has 8 nitrogen and oxygen atoms in total. The van der Waals surface area contributed by atoms with Crippen molar-refractivity contribution < 1.29 is 37.9 Å². The summed E-state index contributed by atoms with van der Waals surface area (Å²) in [6, 6.07) is 31.7. The van der Waals surface area contributed by atoms with Crippen LogP contribution in [0.5, 0.6) is 46.0 Å². The standard InChI is InChI=1S/C16H18O2.C12H14O2.C11H12O2.C9H10O2.8C2H6/c1-2-4-15-14(3-1)17-16(18-15)12-6-10-5-11(8-12)9-13(16)7-10;1-4-8-12(9-5-1)13-10-6-2-3-7-11(10)14-12;1-2-6-10-9(5-1)12-11(13-10)7-3-4-8-11;1-9(2)10-7-5-3-4-6-8(7)11-9;8*1-2/h1-4,10-13H,5-9H2;2-3,6-7H,1,4-5,8-9H2;1-2,5-6H,3-4,7-8H2;3-6H,1-2H3;8*1-2H3. The zero-order chi connectivity index (χ0) is 53.8. The molecule has 0 radical (unpaired) electrons. The molecule has 0 amide bonds. The maximum Gasteiger partial charge on any atom is 0.257 e. The lowest BCUT2D eigenvalue weighted by Gasteiger charge is -2.57. The molecule has 10 aliphatic rings.